The Labute approximate surface area is 218 Å². The summed E-state index contributed by atoms with van der Waals surface area (Å²) in [6.45, 7) is 2.35. The number of carbonyl (C=O) groups is 2. The van der Waals surface area contributed by atoms with Crippen molar-refractivity contribution < 1.29 is 19.2 Å². The molecule has 1 heterocycles. The number of amides is 3. The molecule has 0 radical (unpaired) electrons. The van der Waals surface area contributed by atoms with Crippen molar-refractivity contribution in [2.75, 3.05) is 0 Å². The Balaban J connectivity index is 1.47. The van der Waals surface area contributed by atoms with Gasteiger partial charge in [-0.15, -0.1) is 0 Å². The maximum Gasteiger partial charge on any atom is 0.329 e. The van der Waals surface area contributed by atoms with Gasteiger partial charge in [0.2, 0.25) is 0 Å². The van der Waals surface area contributed by atoms with E-state index < -0.39 is 16.9 Å². The van der Waals surface area contributed by atoms with Crippen LogP contribution >= 0.6 is 31.9 Å². The predicted molar refractivity (Wildman–Crippen MR) is 138 cm³/mol. The third-order valence-corrected chi connectivity index (χ3v) is 6.43. The lowest BCUT2D eigenvalue weighted by molar-refractivity contribution is -0.384. The zero-order valence-electron chi connectivity index (χ0n) is 18.5. The number of nitrogens with zero attached hydrogens (tertiary/aromatic N) is 2. The quantitative estimate of drug-likeness (QED) is 0.153. The molecule has 1 aliphatic heterocycles. The van der Waals surface area contributed by atoms with Gasteiger partial charge in [-0.3, -0.25) is 19.8 Å². The van der Waals surface area contributed by atoms with Gasteiger partial charge in [-0.05, 0) is 85.8 Å². The minimum atomic E-state index is -0.469. The lowest BCUT2D eigenvalue weighted by Gasteiger charge is -2.12. The summed E-state index contributed by atoms with van der Waals surface area (Å²) in [6, 6.07) is 16.8. The topological polar surface area (TPSA) is 102 Å². The van der Waals surface area contributed by atoms with Gasteiger partial charge in [0.25, 0.3) is 11.6 Å². The van der Waals surface area contributed by atoms with Crippen molar-refractivity contribution in [1.29, 1.82) is 0 Å². The highest BCUT2D eigenvalue weighted by Crippen LogP contribution is 2.36. The van der Waals surface area contributed by atoms with Gasteiger partial charge < -0.3 is 10.1 Å². The first-order valence-electron chi connectivity index (χ1n) is 10.5. The molecule has 10 heteroatoms. The highest BCUT2D eigenvalue weighted by atomic mass is 79.9. The van der Waals surface area contributed by atoms with Gasteiger partial charge in [0.05, 0.1) is 20.4 Å². The molecule has 1 saturated heterocycles. The summed E-state index contributed by atoms with van der Waals surface area (Å²) in [5.41, 5.74) is 3.56. The van der Waals surface area contributed by atoms with Crippen molar-refractivity contribution in [2.24, 2.45) is 0 Å². The molecule has 0 unspecified atom stereocenters. The zero-order valence-corrected chi connectivity index (χ0v) is 21.6. The van der Waals surface area contributed by atoms with Gasteiger partial charge >= 0.3 is 6.03 Å². The number of hydrogen-bond acceptors (Lipinski definition) is 5. The van der Waals surface area contributed by atoms with E-state index in [4.69, 9.17) is 4.74 Å². The first-order valence-corrected chi connectivity index (χ1v) is 12.0. The van der Waals surface area contributed by atoms with Crippen molar-refractivity contribution >= 4 is 55.6 Å². The summed E-state index contributed by atoms with van der Waals surface area (Å²) >= 11 is 6.97. The molecule has 35 heavy (non-hydrogen) atoms. The lowest BCUT2D eigenvalue weighted by Crippen LogP contribution is -2.30. The Bertz CT molecular complexity index is 1330. The van der Waals surface area contributed by atoms with Crippen LogP contribution < -0.4 is 10.1 Å². The molecular formula is C25H19Br2N3O5. The molecule has 8 nitrogen and oxygen atoms in total. The minimum absolute atomic E-state index is 0.0134. The number of halogens is 2. The summed E-state index contributed by atoms with van der Waals surface area (Å²) in [4.78, 5) is 36.8. The van der Waals surface area contributed by atoms with Gasteiger partial charge in [0, 0.05) is 12.1 Å². The zero-order chi connectivity index (χ0) is 25.1. The number of nitrogens with one attached hydrogen (secondary N) is 1. The largest absolute Gasteiger partial charge is 0.487 e. The van der Waals surface area contributed by atoms with Crippen molar-refractivity contribution in [3.8, 4) is 5.75 Å². The molecule has 3 aromatic rings. The minimum Gasteiger partial charge on any atom is -0.487 e. The number of benzene rings is 3. The Kier molecular flexibility index (Phi) is 7.32. The van der Waals surface area contributed by atoms with Crippen LogP contribution in [0, 0.1) is 17.0 Å². The second kappa shape index (κ2) is 10.4. The molecule has 0 aromatic heterocycles. The molecule has 0 bridgehead atoms. The van der Waals surface area contributed by atoms with Crippen LogP contribution in [-0.2, 0) is 17.9 Å². The molecule has 178 valence electrons. The van der Waals surface area contributed by atoms with Gasteiger partial charge in [0.1, 0.15) is 18.1 Å². The highest BCUT2D eigenvalue weighted by molar-refractivity contribution is 9.11. The summed E-state index contributed by atoms with van der Waals surface area (Å²) in [6.07, 6.45) is 1.60. The summed E-state index contributed by atoms with van der Waals surface area (Å²) in [7, 11) is 0. The second-order valence-corrected chi connectivity index (χ2v) is 9.60. The van der Waals surface area contributed by atoms with E-state index in [1.165, 1.54) is 17.0 Å². The molecule has 3 amide bonds. The van der Waals surface area contributed by atoms with Crippen molar-refractivity contribution in [1.82, 2.24) is 10.2 Å². The Hall–Kier alpha value is -3.50. The Morgan fingerprint density at radius 2 is 1.71 bits per heavy atom. The Morgan fingerprint density at radius 1 is 1.03 bits per heavy atom. The number of nitro benzene ring substituents is 1. The average molecular weight is 601 g/mol. The van der Waals surface area contributed by atoms with E-state index in [2.05, 4.69) is 37.2 Å². The Morgan fingerprint density at radius 3 is 2.34 bits per heavy atom. The van der Waals surface area contributed by atoms with Crippen molar-refractivity contribution in [3.63, 3.8) is 0 Å². The number of carbonyl (C=O) groups excluding carboxylic acids is 2. The lowest BCUT2D eigenvalue weighted by atomic mass is 10.1. The summed E-state index contributed by atoms with van der Waals surface area (Å²) in [5.74, 6) is 0.135. The van der Waals surface area contributed by atoms with Gasteiger partial charge in [0.15, 0.2) is 0 Å². The maximum absolute atomic E-state index is 12.9. The smallest absolute Gasteiger partial charge is 0.329 e. The van der Waals surface area contributed by atoms with Crippen LogP contribution in [0.25, 0.3) is 6.08 Å². The number of ether oxygens (including phenoxy) is 1. The predicted octanol–water partition coefficient (Wildman–Crippen LogP) is 6.10. The van der Waals surface area contributed by atoms with Gasteiger partial charge in [-0.25, -0.2) is 4.79 Å². The number of aryl methyl sites for hydroxylation is 1. The molecule has 0 atom stereocenters. The van der Waals surface area contributed by atoms with Crippen LogP contribution in [0.3, 0.4) is 0 Å². The average Bonchev–Trinajstić information content (AvgIpc) is 3.06. The van der Waals surface area contributed by atoms with Crippen LogP contribution in [0.4, 0.5) is 10.5 Å². The van der Waals surface area contributed by atoms with E-state index in [-0.39, 0.29) is 24.5 Å². The fourth-order valence-electron chi connectivity index (χ4n) is 3.55. The number of nitro groups is 1. The van der Waals surface area contributed by atoms with Crippen LogP contribution in [0.1, 0.15) is 22.3 Å². The molecule has 1 aliphatic rings. The van der Waals surface area contributed by atoms with Crippen LogP contribution in [0.5, 0.6) is 5.75 Å². The summed E-state index contributed by atoms with van der Waals surface area (Å²) < 4.78 is 7.15. The number of non-ortho nitro benzene ring substituents is 1. The molecule has 0 aliphatic carbocycles. The van der Waals surface area contributed by atoms with Gasteiger partial charge in [-0.1, -0.05) is 29.8 Å². The first-order chi connectivity index (χ1) is 16.7. The van der Waals surface area contributed by atoms with E-state index in [1.807, 2.05) is 31.2 Å². The van der Waals surface area contributed by atoms with E-state index in [9.17, 15) is 19.7 Å². The monoisotopic (exact) mass is 599 g/mol. The number of hydrogen-bond donors (Lipinski definition) is 1. The third-order valence-electron chi connectivity index (χ3n) is 5.25. The van der Waals surface area contributed by atoms with Crippen LogP contribution in [0.2, 0.25) is 0 Å². The fraction of sp³-hybridized carbons (Fsp3) is 0.120. The summed E-state index contributed by atoms with van der Waals surface area (Å²) in [5, 5.41) is 13.4. The molecular weight excluding hydrogens is 582 g/mol. The SMILES string of the molecule is Cc1cccc(CN2C(=O)N/C(=C/c3cc(Br)c(OCc4ccc([N+](=O)[O-])cc4)c(Br)c3)C2=O)c1. The number of imide groups is 1. The fourth-order valence-corrected chi connectivity index (χ4v) is 5.00. The molecule has 0 saturated carbocycles. The van der Waals surface area contributed by atoms with E-state index in [0.717, 1.165) is 16.7 Å². The molecule has 4 rings (SSSR count). The first kappa shape index (κ1) is 24.6. The number of rotatable bonds is 7. The number of urea groups is 1. The third kappa shape index (κ3) is 5.77. The van der Waals surface area contributed by atoms with Crippen molar-refractivity contribution in [2.45, 2.75) is 20.1 Å². The van der Waals surface area contributed by atoms with E-state index in [1.54, 1.807) is 30.3 Å². The van der Waals surface area contributed by atoms with Gasteiger partial charge in [-0.2, -0.15) is 0 Å². The van der Waals surface area contributed by atoms with Crippen LogP contribution in [-0.4, -0.2) is 21.8 Å². The molecule has 1 N–H and O–H groups in total. The molecule has 3 aromatic carbocycles. The van der Waals surface area contributed by atoms with E-state index >= 15 is 0 Å². The van der Waals surface area contributed by atoms with Crippen LogP contribution in [0.15, 0.2) is 75.3 Å². The molecule has 1 fully saturated rings. The van der Waals surface area contributed by atoms with E-state index in [0.29, 0.717) is 20.3 Å². The standard InChI is InChI=1S/C25H19Br2N3O5/c1-15-3-2-4-17(9-15)13-29-24(31)22(28-25(29)32)12-18-10-20(26)23(21(27)11-18)35-14-16-5-7-19(8-6-16)30(33)34/h2-12H,13-14H2,1H3,(H,28,32)/b22-12+. The highest BCUT2D eigenvalue weighted by Gasteiger charge is 2.33. The normalized spacial score (nSPS) is 14.4. The second-order valence-electron chi connectivity index (χ2n) is 7.89. The maximum atomic E-state index is 12.9. The van der Waals surface area contributed by atoms with Crippen molar-refractivity contribution in [3.05, 3.63) is 108 Å². The molecule has 0 spiro atoms.